The molecule has 0 bridgehead atoms. The van der Waals surface area contributed by atoms with Crippen LogP contribution < -0.4 is 0 Å². The van der Waals surface area contributed by atoms with E-state index in [0.29, 0.717) is 5.92 Å². The largest absolute Gasteiger partial charge is 0.417 e. The van der Waals surface area contributed by atoms with Crippen molar-refractivity contribution in [3.63, 3.8) is 0 Å². The van der Waals surface area contributed by atoms with E-state index in [0.717, 1.165) is 19.4 Å². The Morgan fingerprint density at radius 2 is 2.11 bits per heavy atom. The molecule has 1 rings (SSSR count). The Morgan fingerprint density at radius 1 is 1.47 bits per heavy atom. The van der Waals surface area contributed by atoms with Gasteiger partial charge in [-0.3, -0.25) is 0 Å². The fourth-order valence-electron chi connectivity index (χ4n) is 2.09. The van der Waals surface area contributed by atoms with Crippen LogP contribution >= 0.6 is 0 Å². The summed E-state index contributed by atoms with van der Waals surface area (Å²) in [5.74, 6) is 0.448. The zero-order valence-electron chi connectivity index (χ0n) is 13.1. The molecule has 1 aliphatic carbocycles. The molecule has 4 nitrogen and oxygen atoms in total. The van der Waals surface area contributed by atoms with E-state index in [2.05, 4.69) is 43.9 Å². The first-order valence-electron chi connectivity index (χ1n) is 7.02. The Hall–Kier alpha value is -0.773. The van der Waals surface area contributed by atoms with Crippen LogP contribution in [0.5, 0.6) is 0 Å². The van der Waals surface area contributed by atoms with Crippen LogP contribution in [0.1, 0.15) is 40.5 Å². The molecule has 0 amide bonds. The maximum Gasteiger partial charge on any atom is 0.191 e. The zero-order valence-corrected chi connectivity index (χ0v) is 14.1. The van der Waals surface area contributed by atoms with E-state index in [4.69, 9.17) is 9.96 Å². The van der Waals surface area contributed by atoms with Crippen LogP contribution in [0.3, 0.4) is 0 Å². The first-order valence-corrected chi connectivity index (χ1v) is 9.93. The molecule has 1 fully saturated rings. The second-order valence-corrected chi connectivity index (χ2v) is 11.8. The predicted octanol–water partition coefficient (Wildman–Crippen LogP) is 5.04. The van der Waals surface area contributed by atoms with Crippen LogP contribution in [-0.2, 0) is 4.43 Å². The highest BCUT2D eigenvalue weighted by molar-refractivity contribution is 6.74. The van der Waals surface area contributed by atoms with E-state index in [1.807, 2.05) is 19.1 Å². The van der Waals surface area contributed by atoms with Crippen LogP contribution in [0.15, 0.2) is 17.3 Å². The van der Waals surface area contributed by atoms with Gasteiger partial charge in [-0.15, -0.1) is 0 Å². The standard InChI is InChI=1S/C14H27N3OSi/c1-7-9-14(16-17-15)11-12(14)8-10-18-19(5,6)13(2,3)4/h7,9,12H,8,10-11H2,1-6H3/b9-7-/t12-,14+/m1/s1. The average Bonchev–Trinajstić information content (AvgIpc) is 2.90. The maximum absolute atomic E-state index is 8.65. The second-order valence-electron chi connectivity index (χ2n) is 6.98. The zero-order chi connectivity index (χ0) is 14.7. The van der Waals surface area contributed by atoms with Crippen LogP contribution in [0.2, 0.25) is 18.1 Å². The normalized spacial score (nSPS) is 27.4. The molecule has 19 heavy (non-hydrogen) atoms. The summed E-state index contributed by atoms with van der Waals surface area (Å²) in [6.07, 6.45) is 5.95. The highest BCUT2D eigenvalue weighted by Gasteiger charge is 2.51. The monoisotopic (exact) mass is 281 g/mol. The minimum Gasteiger partial charge on any atom is -0.417 e. The summed E-state index contributed by atoms with van der Waals surface area (Å²) >= 11 is 0. The van der Waals surface area contributed by atoms with Gasteiger partial charge in [0.25, 0.3) is 0 Å². The molecule has 0 heterocycles. The molecule has 1 aliphatic rings. The SMILES string of the molecule is C/C=C\[C@]1(N=[N+]=[N-])C[C@H]1CCO[Si](C)(C)C(C)(C)C. The van der Waals surface area contributed by atoms with Gasteiger partial charge in [-0.2, -0.15) is 0 Å². The van der Waals surface area contributed by atoms with Crippen molar-refractivity contribution in [1.29, 1.82) is 0 Å². The molecule has 0 aromatic rings. The fourth-order valence-corrected chi connectivity index (χ4v) is 3.15. The summed E-state index contributed by atoms with van der Waals surface area (Å²) in [5, 5.41) is 4.20. The summed E-state index contributed by atoms with van der Waals surface area (Å²) in [6, 6.07) is 0. The van der Waals surface area contributed by atoms with Crippen molar-refractivity contribution in [3.05, 3.63) is 22.6 Å². The molecule has 5 heteroatoms. The molecule has 2 atom stereocenters. The molecular formula is C14H27N3OSi. The fraction of sp³-hybridized carbons (Fsp3) is 0.857. The van der Waals surface area contributed by atoms with Gasteiger partial charge >= 0.3 is 0 Å². The first-order chi connectivity index (χ1) is 8.68. The van der Waals surface area contributed by atoms with Crippen molar-refractivity contribution >= 4 is 8.32 Å². The van der Waals surface area contributed by atoms with E-state index in [-0.39, 0.29) is 10.6 Å². The number of azide groups is 1. The maximum atomic E-state index is 8.65. The summed E-state index contributed by atoms with van der Waals surface area (Å²) in [5.41, 5.74) is 8.38. The Bertz CT molecular complexity index is 394. The van der Waals surface area contributed by atoms with Crippen LogP contribution in [0.25, 0.3) is 10.4 Å². The lowest BCUT2D eigenvalue weighted by atomic mass is 10.1. The highest BCUT2D eigenvalue weighted by Crippen LogP contribution is 2.51. The van der Waals surface area contributed by atoms with E-state index in [1.54, 1.807) is 0 Å². The number of hydrogen-bond donors (Lipinski definition) is 0. The molecule has 0 saturated heterocycles. The van der Waals surface area contributed by atoms with Gasteiger partial charge in [0.05, 0.1) is 5.54 Å². The molecule has 0 spiro atoms. The minimum absolute atomic E-state index is 0.252. The van der Waals surface area contributed by atoms with E-state index < -0.39 is 8.32 Å². The topological polar surface area (TPSA) is 58.0 Å². The predicted molar refractivity (Wildman–Crippen MR) is 82.6 cm³/mol. The summed E-state index contributed by atoms with van der Waals surface area (Å²) in [6.45, 7) is 14.0. The molecule has 0 radical (unpaired) electrons. The van der Waals surface area contributed by atoms with E-state index in [9.17, 15) is 0 Å². The third kappa shape index (κ3) is 3.85. The van der Waals surface area contributed by atoms with Crippen molar-refractivity contribution in [2.24, 2.45) is 11.0 Å². The molecule has 0 aromatic heterocycles. The number of allylic oxidation sites excluding steroid dienone is 1. The number of nitrogens with zero attached hydrogens (tertiary/aromatic N) is 3. The van der Waals surface area contributed by atoms with Gasteiger partial charge in [0.1, 0.15) is 0 Å². The summed E-state index contributed by atoms with van der Waals surface area (Å²) < 4.78 is 6.17. The third-order valence-electron chi connectivity index (χ3n) is 4.54. The van der Waals surface area contributed by atoms with E-state index in [1.165, 1.54) is 0 Å². The van der Waals surface area contributed by atoms with Crippen molar-refractivity contribution < 1.29 is 4.43 Å². The molecule has 108 valence electrons. The Labute approximate surface area is 118 Å². The molecule has 0 unspecified atom stereocenters. The average molecular weight is 281 g/mol. The van der Waals surface area contributed by atoms with Gasteiger partial charge in [0.15, 0.2) is 8.32 Å². The quantitative estimate of drug-likeness (QED) is 0.221. The van der Waals surface area contributed by atoms with Crippen molar-refractivity contribution in [1.82, 2.24) is 0 Å². The summed E-state index contributed by atoms with van der Waals surface area (Å²) in [4.78, 5) is 2.98. The minimum atomic E-state index is -1.65. The smallest absolute Gasteiger partial charge is 0.191 e. The molecule has 0 aromatic carbocycles. The summed E-state index contributed by atoms with van der Waals surface area (Å²) in [7, 11) is -1.65. The first kappa shape index (κ1) is 16.3. The van der Waals surface area contributed by atoms with Gasteiger partial charge in [-0.25, -0.2) is 0 Å². The van der Waals surface area contributed by atoms with E-state index >= 15 is 0 Å². The van der Waals surface area contributed by atoms with Gasteiger partial charge in [-0.05, 0) is 49.3 Å². The van der Waals surface area contributed by atoms with Crippen LogP contribution in [0.4, 0.5) is 0 Å². The third-order valence-corrected chi connectivity index (χ3v) is 9.08. The van der Waals surface area contributed by atoms with Gasteiger partial charge in [-0.1, -0.05) is 38.0 Å². The molecule has 0 aliphatic heterocycles. The molecule has 1 saturated carbocycles. The van der Waals surface area contributed by atoms with Gasteiger partial charge in [0.2, 0.25) is 0 Å². The molecule has 0 N–H and O–H groups in total. The van der Waals surface area contributed by atoms with Crippen molar-refractivity contribution in [3.8, 4) is 0 Å². The lowest BCUT2D eigenvalue weighted by molar-refractivity contribution is 0.272. The Kier molecular flexibility index (Phi) is 4.88. The Balaban J connectivity index is 2.47. The van der Waals surface area contributed by atoms with Gasteiger partial charge < -0.3 is 4.43 Å². The lowest BCUT2D eigenvalue weighted by Gasteiger charge is -2.36. The van der Waals surface area contributed by atoms with Crippen molar-refractivity contribution in [2.45, 2.75) is 64.2 Å². The number of rotatable bonds is 6. The highest BCUT2D eigenvalue weighted by atomic mass is 28.4. The lowest BCUT2D eigenvalue weighted by Crippen LogP contribution is -2.41. The Morgan fingerprint density at radius 3 is 2.58 bits per heavy atom. The van der Waals surface area contributed by atoms with Gasteiger partial charge in [0, 0.05) is 11.5 Å². The van der Waals surface area contributed by atoms with Crippen LogP contribution in [-0.4, -0.2) is 20.5 Å². The van der Waals surface area contributed by atoms with Crippen LogP contribution in [0, 0.1) is 5.92 Å². The number of hydrogen-bond acceptors (Lipinski definition) is 2. The molecular weight excluding hydrogens is 254 g/mol. The second kappa shape index (κ2) is 5.69. The van der Waals surface area contributed by atoms with Crippen molar-refractivity contribution in [2.75, 3.05) is 6.61 Å².